The van der Waals surface area contributed by atoms with E-state index in [4.69, 9.17) is 0 Å². The van der Waals surface area contributed by atoms with Gasteiger partial charge in [-0.3, -0.25) is 4.79 Å². The second kappa shape index (κ2) is 3.24. The maximum Gasteiger partial charge on any atom is 0.225 e. The fourth-order valence-electron chi connectivity index (χ4n) is 4.33. The average Bonchev–Trinajstić information content (AvgIpc) is 2.57. The summed E-state index contributed by atoms with van der Waals surface area (Å²) in [5.41, 5.74) is -0.236. The molecule has 16 heavy (non-hydrogen) atoms. The molecule has 0 heterocycles. The fraction of sp³-hybridized carbons (Fsp3) is 0.929. The Bertz CT molecular complexity index is 313. The number of carbonyl (C=O) groups is 1. The second-order valence-corrected chi connectivity index (χ2v) is 7.24. The van der Waals surface area contributed by atoms with Crippen LogP contribution in [0.2, 0.25) is 0 Å². The molecule has 4 aliphatic rings. The van der Waals surface area contributed by atoms with E-state index in [0.29, 0.717) is 6.04 Å². The van der Waals surface area contributed by atoms with Gasteiger partial charge >= 0.3 is 0 Å². The number of rotatable bonds is 1. The minimum atomic E-state index is -0.236. The minimum Gasteiger partial charge on any atom is -0.352 e. The van der Waals surface area contributed by atoms with Crippen LogP contribution in [0.4, 0.5) is 0 Å². The summed E-state index contributed by atoms with van der Waals surface area (Å²) in [6.45, 7) is 6.02. The van der Waals surface area contributed by atoms with Gasteiger partial charge in [-0.15, -0.1) is 0 Å². The molecule has 0 aromatic rings. The Kier molecular flexibility index (Phi) is 2.15. The topological polar surface area (TPSA) is 29.1 Å². The van der Waals surface area contributed by atoms with Crippen molar-refractivity contribution >= 4 is 5.91 Å². The first-order valence-corrected chi connectivity index (χ1v) is 6.76. The van der Waals surface area contributed by atoms with E-state index in [1.807, 2.05) is 20.8 Å². The molecule has 4 fully saturated rings. The molecule has 5 unspecified atom stereocenters. The molecule has 0 spiro atoms. The molecule has 4 aliphatic carbocycles. The van der Waals surface area contributed by atoms with Crippen molar-refractivity contribution in [3.63, 3.8) is 0 Å². The highest BCUT2D eigenvalue weighted by atomic mass is 16.2. The van der Waals surface area contributed by atoms with Gasteiger partial charge in [0.2, 0.25) is 5.91 Å². The molecule has 1 amide bonds. The molecule has 2 nitrogen and oxygen atoms in total. The molecule has 0 saturated heterocycles. The van der Waals surface area contributed by atoms with Crippen molar-refractivity contribution in [3.8, 4) is 0 Å². The Morgan fingerprint density at radius 2 is 1.75 bits per heavy atom. The van der Waals surface area contributed by atoms with Crippen LogP contribution < -0.4 is 5.32 Å². The molecular formula is C14H23NO. The summed E-state index contributed by atoms with van der Waals surface area (Å²) >= 11 is 0. The maximum atomic E-state index is 12.1. The molecule has 4 rings (SSSR count). The van der Waals surface area contributed by atoms with Crippen molar-refractivity contribution in [1.82, 2.24) is 5.32 Å². The van der Waals surface area contributed by atoms with Crippen LogP contribution in [0, 0.1) is 29.1 Å². The van der Waals surface area contributed by atoms with Crippen LogP contribution >= 0.6 is 0 Å². The van der Waals surface area contributed by atoms with Crippen molar-refractivity contribution in [2.45, 2.75) is 52.5 Å². The third-order valence-corrected chi connectivity index (χ3v) is 5.04. The van der Waals surface area contributed by atoms with E-state index >= 15 is 0 Å². The highest BCUT2D eigenvalue weighted by Crippen LogP contribution is 2.58. The number of hydrogen-bond donors (Lipinski definition) is 1. The van der Waals surface area contributed by atoms with Crippen molar-refractivity contribution in [1.29, 1.82) is 0 Å². The van der Waals surface area contributed by atoms with Gasteiger partial charge in [-0.1, -0.05) is 20.8 Å². The smallest absolute Gasteiger partial charge is 0.225 e. The van der Waals surface area contributed by atoms with Gasteiger partial charge in [-0.25, -0.2) is 0 Å². The largest absolute Gasteiger partial charge is 0.352 e. The Morgan fingerprint density at radius 3 is 2.38 bits per heavy atom. The highest BCUT2D eigenvalue weighted by molar-refractivity contribution is 5.81. The quantitative estimate of drug-likeness (QED) is 0.724. The lowest BCUT2D eigenvalue weighted by atomic mass is 9.79. The first-order chi connectivity index (χ1) is 7.45. The lowest BCUT2D eigenvalue weighted by Gasteiger charge is -2.34. The number of hydrogen-bond acceptors (Lipinski definition) is 1. The van der Waals surface area contributed by atoms with Gasteiger partial charge in [0, 0.05) is 11.5 Å². The van der Waals surface area contributed by atoms with Crippen LogP contribution in [-0.2, 0) is 4.79 Å². The molecule has 0 aromatic carbocycles. The van der Waals surface area contributed by atoms with E-state index in [-0.39, 0.29) is 11.3 Å². The number of amides is 1. The summed E-state index contributed by atoms with van der Waals surface area (Å²) in [4.78, 5) is 12.1. The van der Waals surface area contributed by atoms with Crippen molar-refractivity contribution in [2.24, 2.45) is 29.1 Å². The number of carbonyl (C=O) groups excluding carboxylic acids is 1. The van der Waals surface area contributed by atoms with Crippen molar-refractivity contribution in [2.75, 3.05) is 0 Å². The lowest BCUT2D eigenvalue weighted by Crippen LogP contribution is -2.47. The zero-order chi connectivity index (χ0) is 11.5. The van der Waals surface area contributed by atoms with Gasteiger partial charge in [-0.2, -0.15) is 0 Å². The van der Waals surface area contributed by atoms with Crippen LogP contribution in [0.25, 0.3) is 0 Å². The van der Waals surface area contributed by atoms with Crippen LogP contribution in [0.1, 0.15) is 46.5 Å². The van der Waals surface area contributed by atoms with Gasteiger partial charge in [0.05, 0.1) is 0 Å². The van der Waals surface area contributed by atoms with Crippen LogP contribution in [0.5, 0.6) is 0 Å². The fourth-order valence-corrected chi connectivity index (χ4v) is 4.33. The molecule has 5 atom stereocenters. The minimum absolute atomic E-state index is 0.236. The maximum absolute atomic E-state index is 12.1. The molecule has 0 aromatic heterocycles. The molecule has 4 saturated carbocycles. The normalized spacial score (nSPS) is 45.1. The summed E-state index contributed by atoms with van der Waals surface area (Å²) in [7, 11) is 0. The molecule has 4 bridgehead atoms. The lowest BCUT2D eigenvalue weighted by molar-refractivity contribution is -0.130. The van der Waals surface area contributed by atoms with Crippen molar-refractivity contribution in [3.05, 3.63) is 0 Å². The molecule has 2 heteroatoms. The van der Waals surface area contributed by atoms with E-state index in [2.05, 4.69) is 5.32 Å². The van der Waals surface area contributed by atoms with Gasteiger partial charge in [0.25, 0.3) is 0 Å². The summed E-state index contributed by atoms with van der Waals surface area (Å²) < 4.78 is 0. The second-order valence-electron chi connectivity index (χ2n) is 7.24. The SMILES string of the molecule is CC(C)(C)C(=O)NC1C2CC3CC(C2)C1C3. The van der Waals surface area contributed by atoms with Gasteiger partial charge in [0.1, 0.15) is 0 Å². The van der Waals surface area contributed by atoms with E-state index in [9.17, 15) is 4.79 Å². The van der Waals surface area contributed by atoms with E-state index in [1.54, 1.807) is 0 Å². The van der Waals surface area contributed by atoms with Gasteiger partial charge in [0.15, 0.2) is 0 Å². The van der Waals surface area contributed by atoms with Gasteiger partial charge < -0.3 is 5.32 Å². The van der Waals surface area contributed by atoms with Crippen LogP contribution in [-0.4, -0.2) is 11.9 Å². The molecule has 1 N–H and O–H groups in total. The van der Waals surface area contributed by atoms with Crippen LogP contribution in [0.15, 0.2) is 0 Å². The van der Waals surface area contributed by atoms with Crippen molar-refractivity contribution < 1.29 is 4.79 Å². The Labute approximate surface area is 98.2 Å². The first kappa shape index (κ1) is 10.6. The Morgan fingerprint density at radius 1 is 1.06 bits per heavy atom. The Hall–Kier alpha value is -0.530. The average molecular weight is 221 g/mol. The first-order valence-electron chi connectivity index (χ1n) is 6.76. The molecule has 90 valence electrons. The predicted octanol–water partition coefficient (Wildman–Crippen LogP) is 2.58. The molecule has 0 radical (unpaired) electrons. The predicted molar refractivity (Wildman–Crippen MR) is 63.8 cm³/mol. The summed E-state index contributed by atoms with van der Waals surface area (Å²) in [5, 5.41) is 3.34. The van der Waals surface area contributed by atoms with Crippen LogP contribution in [0.3, 0.4) is 0 Å². The zero-order valence-corrected chi connectivity index (χ0v) is 10.6. The van der Waals surface area contributed by atoms with E-state index in [0.717, 1.165) is 23.7 Å². The monoisotopic (exact) mass is 221 g/mol. The van der Waals surface area contributed by atoms with Gasteiger partial charge in [-0.05, 0) is 49.4 Å². The van der Waals surface area contributed by atoms with E-state index < -0.39 is 0 Å². The summed E-state index contributed by atoms with van der Waals surface area (Å²) in [5.74, 6) is 3.79. The number of nitrogens with one attached hydrogen (secondary N) is 1. The summed E-state index contributed by atoms with van der Waals surface area (Å²) in [6, 6.07) is 0.510. The molecule has 0 aliphatic heterocycles. The third kappa shape index (κ3) is 1.49. The third-order valence-electron chi connectivity index (χ3n) is 5.04. The Balaban J connectivity index is 1.71. The standard InChI is InChI=1S/C14H23NO/c1-14(2,3)13(16)15-12-10-5-8-4-9(7-10)11(12)6-8/h8-12H,4-7H2,1-3H3,(H,15,16). The molecular weight excluding hydrogens is 198 g/mol. The highest BCUT2D eigenvalue weighted by Gasteiger charge is 2.54. The summed E-state index contributed by atoms with van der Waals surface area (Å²) in [6.07, 6.45) is 5.59. The van der Waals surface area contributed by atoms with E-state index in [1.165, 1.54) is 25.7 Å². The zero-order valence-electron chi connectivity index (χ0n) is 10.6.